The number of alkyl halides is 2. The fourth-order valence-corrected chi connectivity index (χ4v) is 2.45. The van der Waals surface area contributed by atoms with E-state index in [0.717, 1.165) is 23.5 Å². The average molecular weight is 385 g/mol. The predicted octanol–water partition coefficient (Wildman–Crippen LogP) is 2.47. The van der Waals surface area contributed by atoms with Gasteiger partial charge in [-0.25, -0.2) is 4.79 Å². The largest absolute Gasteiger partial charge is 0.493 e. The molecular weight excluding hydrogens is 372 g/mol. The van der Waals surface area contributed by atoms with Crippen molar-refractivity contribution in [1.82, 2.24) is 5.32 Å². The molecule has 2 amide bonds. The van der Waals surface area contributed by atoms with Crippen LogP contribution in [0.3, 0.4) is 0 Å². The van der Waals surface area contributed by atoms with Crippen LogP contribution in [0.4, 0.5) is 8.78 Å². The lowest BCUT2D eigenvalue weighted by Crippen LogP contribution is -2.33. The number of halogens is 2. The zero-order chi connectivity index (χ0) is 19.1. The number of rotatable bonds is 7. The number of esters is 1. The molecule has 0 atom stereocenters. The molecule has 138 valence electrons. The third-order valence-corrected chi connectivity index (χ3v) is 3.82. The number of methoxy groups -OCH3 is 1. The van der Waals surface area contributed by atoms with Crippen molar-refractivity contribution < 1.29 is 37.4 Å². The van der Waals surface area contributed by atoms with Crippen molar-refractivity contribution in [3.8, 4) is 11.5 Å². The van der Waals surface area contributed by atoms with Crippen molar-refractivity contribution in [2.24, 2.45) is 0 Å². The van der Waals surface area contributed by atoms with Crippen molar-refractivity contribution in [1.29, 1.82) is 0 Å². The standard InChI is InChI=1S/C16H13F2NO6S/c1-23-11-7-9(4-5-10(11)25-16(17)18)15(22)24-8-13(20)19-14(21)12-3-2-6-26-12/h2-7,16H,8H2,1H3,(H,19,20,21). The van der Waals surface area contributed by atoms with E-state index in [1.54, 1.807) is 11.4 Å². The second-order valence-electron chi connectivity index (χ2n) is 4.67. The number of imide groups is 1. The Morgan fingerprint density at radius 3 is 2.58 bits per heavy atom. The molecule has 0 fully saturated rings. The van der Waals surface area contributed by atoms with Crippen LogP contribution >= 0.6 is 11.3 Å². The SMILES string of the molecule is COc1cc(C(=O)OCC(=O)NC(=O)c2cccs2)ccc1OC(F)F. The number of benzene rings is 1. The summed E-state index contributed by atoms with van der Waals surface area (Å²) in [6.07, 6.45) is 0. The number of carbonyl (C=O) groups is 3. The van der Waals surface area contributed by atoms with Crippen LogP contribution < -0.4 is 14.8 Å². The van der Waals surface area contributed by atoms with Crippen LogP contribution in [-0.4, -0.2) is 38.1 Å². The molecule has 0 unspecified atom stereocenters. The number of hydrogen-bond donors (Lipinski definition) is 1. The van der Waals surface area contributed by atoms with Crippen LogP contribution in [0.5, 0.6) is 11.5 Å². The lowest BCUT2D eigenvalue weighted by Gasteiger charge is -2.11. The van der Waals surface area contributed by atoms with E-state index in [9.17, 15) is 23.2 Å². The van der Waals surface area contributed by atoms with Gasteiger partial charge in [-0.15, -0.1) is 11.3 Å². The quantitative estimate of drug-likeness (QED) is 0.737. The number of ether oxygens (including phenoxy) is 3. The van der Waals surface area contributed by atoms with Crippen LogP contribution in [0, 0.1) is 0 Å². The molecule has 1 aromatic carbocycles. The van der Waals surface area contributed by atoms with E-state index in [1.165, 1.54) is 19.2 Å². The summed E-state index contributed by atoms with van der Waals surface area (Å²) < 4.78 is 38.4. The Labute approximate surface area is 150 Å². The van der Waals surface area contributed by atoms with E-state index in [4.69, 9.17) is 9.47 Å². The number of hydrogen-bond acceptors (Lipinski definition) is 7. The lowest BCUT2D eigenvalue weighted by molar-refractivity contribution is -0.123. The van der Waals surface area contributed by atoms with Gasteiger partial charge < -0.3 is 14.2 Å². The Morgan fingerprint density at radius 1 is 1.19 bits per heavy atom. The summed E-state index contributed by atoms with van der Waals surface area (Å²) in [5.41, 5.74) is -0.0409. The highest BCUT2D eigenvalue weighted by Crippen LogP contribution is 2.29. The second-order valence-corrected chi connectivity index (χ2v) is 5.62. The molecule has 0 aliphatic heterocycles. The number of thiophene rings is 1. The van der Waals surface area contributed by atoms with Crippen LogP contribution in [0.1, 0.15) is 20.0 Å². The van der Waals surface area contributed by atoms with Crippen molar-refractivity contribution in [3.05, 3.63) is 46.2 Å². The maximum atomic E-state index is 12.3. The summed E-state index contributed by atoms with van der Waals surface area (Å²) in [5, 5.41) is 3.74. The third-order valence-electron chi connectivity index (χ3n) is 2.95. The van der Waals surface area contributed by atoms with Gasteiger partial charge in [0.25, 0.3) is 11.8 Å². The molecular formula is C16H13F2NO6S. The molecule has 0 bridgehead atoms. The van der Waals surface area contributed by atoms with Crippen LogP contribution in [0.2, 0.25) is 0 Å². The summed E-state index contributed by atoms with van der Waals surface area (Å²) in [6, 6.07) is 6.61. The number of amides is 2. The van der Waals surface area contributed by atoms with E-state index in [0.29, 0.717) is 4.88 Å². The van der Waals surface area contributed by atoms with Crippen molar-refractivity contribution >= 4 is 29.1 Å². The molecule has 2 rings (SSSR count). The van der Waals surface area contributed by atoms with Gasteiger partial charge >= 0.3 is 12.6 Å². The molecule has 1 N–H and O–H groups in total. The zero-order valence-electron chi connectivity index (χ0n) is 13.4. The number of carbonyl (C=O) groups excluding carboxylic acids is 3. The van der Waals surface area contributed by atoms with Crippen molar-refractivity contribution in [2.45, 2.75) is 6.61 Å². The monoisotopic (exact) mass is 385 g/mol. The summed E-state index contributed by atoms with van der Waals surface area (Å²) in [4.78, 5) is 35.6. The van der Waals surface area contributed by atoms with Crippen molar-refractivity contribution in [2.75, 3.05) is 13.7 Å². The van der Waals surface area contributed by atoms with Gasteiger partial charge in [-0.1, -0.05) is 6.07 Å². The number of nitrogens with one attached hydrogen (secondary N) is 1. The lowest BCUT2D eigenvalue weighted by atomic mass is 10.2. The topological polar surface area (TPSA) is 90.9 Å². The molecule has 0 radical (unpaired) electrons. The predicted molar refractivity (Wildman–Crippen MR) is 86.7 cm³/mol. The van der Waals surface area contributed by atoms with Gasteiger partial charge in [0.05, 0.1) is 17.6 Å². The first-order chi connectivity index (χ1) is 12.4. The molecule has 0 aliphatic carbocycles. The zero-order valence-corrected chi connectivity index (χ0v) is 14.2. The Bertz CT molecular complexity index is 794. The van der Waals surface area contributed by atoms with Crippen LogP contribution in [-0.2, 0) is 9.53 Å². The fourth-order valence-electron chi connectivity index (χ4n) is 1.83. The minimum atomic E-state index is -3.05. The molecule has 0 saturated heterocycles. The molecule has 0 aliphatic rings. The summed E-state index contributed by atoms with van der Waals surface area (Å²) >= 11 is 1.15. The van der Waals surface area contributed by atoms with Gasteiger partial charge in [0.1, 0.15) is 0 Å². The third kappa shape index (κ3) is 5.24. The van der Waals surface area contributed by atoms with Crippen molar-refractivity contribution in [3.63, 3.8) is 0 Å². The molecule has 7 nitrogen and oxygen atoms in total. The Kier molecular flexibility index (Phi) is 6.61. The minimum absolute atomic E-state index is 0.0409. The van der Waals surface area contributed by atoms with E-state index < -0.39 is 31.0 Å². The molecule has 26 heavy (non-hydrogen) atoms. The van der Waals surface area contributed by atoms with E-state index in [1.807, 2.05) is 0 Å². The van der Waals surface area contributed by atoms with Crippen LogP contribution in [0.15, 0.2) is 35.7 Å². The molecule has 1 heterocycles. The van der Waals surface area contributed by atoms with Gasteiger partial charge in [0.15, 0.2) is 18.1 Å². The Hall–Kier alpha value is -3.01. The van der Waals surface area contributed by atoms with Gasteiger partial charge in [-0.3, -0.25) is 14.9 Å². The fraction of sp³-hybridized carbons (Fsp3) is 0.188. The molecule has 0 spiro atoms. The second kappa shape index (κ2) is 8.90. The highest BCUT2D eigenvalue weighted by atomic mass is 32.1. The summed E-state index contributed by atoms with van der Waals surface area (Å²) in [5.74, 6) is -2.65. The maximum absolute atomic E-state index is 12.3. The van der Waals surface area contributed by atoms with Gasteiger partial charge in [-0.05, 0) is 29.6 Å². The summed E-state index contributed by atoms with van der Waals surface area (Å²) in [7, 11) is 1.21. The molecule has 1 aromatic heterocycles. The van der Waals surface area contributed by atoms with Gasteiger partial charge in [-0.2, -0.15) is 8.78 Å². The Morgan fingerprint density at radius 2 is 1.96 bits per heavy atom. The first-order valence-corrected chi connectivity index (χ1v) is 7.96. The van der Waals surface area contributed by atoms with E-state index >= 15 is 0 Å². The van der Waals surface area contributed by atoms with E-state index in [2.05, 4.69) is 10.1 Å². The molecule has 0 saturated carbocycles. The first kappa shape index (κ1) is 19.3. The average Bonchev–Trinajstić information content (AvgIpc) is 3.14. The smallest absolute Gasteiger partial charge is 0.387 e. The van der Waals surface area contributed by atoms with Gasteiger partial charge in [0, 0.05) is 0 Å². The highest BCUT2D eigenvalue weighted by Gasteiger charge is 2.17. The van der Waals surface area contributed by atoms with Gasteiger partial charge in [0.2, 0.25) is 0 Å². The molecule has 2 aromatic rings. The summed E-state index contributed by atoms with van der Waals surface area (Å²) in [6.45, 7) is -3.74. The minimum Gasteiger partial charge on any atom is -0.493 e. The van der Waals surface area contributed by atoms with Crippen LogP contribution in [0.25, 0.3) is 0 Å². The highest BCUT2D eigenvalue weighted by molar-refractivity contribution is 7.12. The molecule has 10 heteroatoms. The Balaban J connectivity index is 1.92. The maximum Gasteiger partial charge on any atom is 0.387 e. The normalized spacial score (nSPS) is 10.3. The first-order valence-electron chi connectivity index (χ1n) is 7.08. The van der Waals surface area contributed by atoms with E-state index in [-0.39, 0.29) is 17.1 Å².